The van der Waals surface area contributed by atoms with Gasteiger partial charge < -0.3 is 9.47 Å². The van der Waals surface area contributed by atoms with E-state index in [0.29, 0.717) is 19.8 Å². The standard InChI is InChI=1S/C11H20O3/c1-5-10(2,3)9(12)14-8-11(4)6-13-7-11/h5-8H2,1-4H3. The van der Waals surface area contributed by atoms with Crippen molar-refractivity contribution >= 4 is 5.97 Å². The molecule has 1 fully saturated rings. The Kier molecular flexibility index (Phi) is 3.20. The van der Waals surface area contributed by atoms with Gasteiger partial charge in [0, 0.05) is 5.41 Å². The zero-order chi connectivity index (χ0) is 10.8. The van der Waals surface area contributed by atoms with Gasteiger partial charge in [-0.15, -0.1) is 0 Å². The van der Waals surface area contributed by atoms with Crippen molar-refractivity contribution < 1.29 is 14.3 Å². The highest BCUT2D eigenvalue weighted by atomic mass is 16.5. The fraction of sp³-hybridized carbons (Fsp3) is 0.909. The van der Waals surface area contributed by atoms with Crippen molar-refractivity contribution in [1.29, 1.82) is 0 Å². The molecule has 14 heavy (non-hydrogen) atoms. The molecule has 1 heterocycles. The fourth-order valence-electron chi connectivity index (χ4n) is 1.11. The largest absolute Gasteiger partial charge is 0.465 e. The lowest BCUT2D eigenvalue weighted by atomic mass is 9.88. The fourth-order valence-corrected chi connectivity index (χ4v) is 1.11. The van der Waals surface area contributed by atoms with Crippen molar-refractivity contribution in [1.82, 2.24) is 0 Å². The van der Waals surface area contributed by atoms with Gasteiger partial charge in [-0.05, 0) is 20.3 Å². The Bertz CT molecular complexity index is 217. The van der Waals surface area contributed by atoms with Crippen LogP contribution in [0, 0.1) is 10.8 Å². The highest BCUT2D eigenvalue weighted by Crippen LogP contribution is 2.28. The molecule has 0 unspecified atom stereocenters. The molecule has 0 aromatic heterocycles. The zero-order valence-electron chi connectivity index (χ0n) is 9.55. The molecule has 0 atom stereocenters. The van der Waals surface area contributed by atoms with Crippen LogP contribution in [0.2, 0.25) is 0 Å². The summed E-state index contributed by atoms with van der Waals surface area (Å²) in [5.41, 5.74) is -0.305. The van der Waals surface area contributed by atoms with E-state index in [9.17, 15) is 4.79 Å². The number of carbonyl (C=O) groups excluding carboxylic acids is 1. The van der Waals surface area contributed by atoms with E-state index in [2.05, 4.69) is 6.92 Å². The Balaban J connectivity index is 2.34. The number of esters is 1. The van der Waals surface area contributed by atoms with Gasteiger partial charge in [0.25, 0.3) is 0 Å². The maximum atomic E-state index is 11.6. The van der Waals surface area contributed by atoms with Crippen molar-refractivity contribution in [3.05, 3.63) is 0 Å². The normalized spacial score (nSPS) is 20.0. The Hall–Kier alpha value is -0.570. The molecule has 3 heteroatoms. The zero-order valence-corrected chi connectivity index (χ0v) is 9.55. The lowest BCUT2D eigenvalue weighted by Crippen LogP contribution is -2.45. The average Bonchev–Trinajstić information content (AvgIpc) is 2.11. The molecule has 1 saturated heterocycles. The van der Waals surface area contributed by atoms with E-state index in [-0.39, 0.29) is 16.8 Å². The Morgan fingerprint density at radius 1 is 1.50 bits per heavy atom. The maximum Gasteiger partial charge on any atom is 0.311 e. The third kappa shape index (κ3) is 2.47. The van der Waals surface area contributed by atoms with Gasteiger partial charge in [0.2, 0.25) is 0 Å². The van der Waals surface area contributed by atoms with Crippen molar-refractivity contribution in [2.45, 2.75) is 34.1 Å². The number of ether oxygens (including phenoxy) is 2. The van der Waals surface area contributed by atoms with Gasteiger partial charge in [0.1, 0.15) is 6.61 Å². The Morgan fingerprint density at radius 2 is 2.07 bits per heavy atom. The molecule has 1 aliphatic rings. The monoisotopic (exact) mass is 200 g/mol. The van der Waals surface area contributed by atoms with Crippen molar-refractivity contribution in [2.24, 2.45) is 10.8 Å². The molecule has 0 aromatic rings. The van der Waals surface area contributed by atoms with Crippen molar-refractivity contribution in [3.8, 4) is 0 Å². The van der Waals surface area contributed by atoms with Crippen LogP contribution >= 0.6 is 0 Å². The number of hydrogen-bond donors (Lipinski definition) is 0. The second-order valence-corrected chi connectivity index (χ2v) is 5.12. The van der Waals surface area contributed by atoms with E-state index in [1.807, 2.05) is 20.8 Å². The summed E-state index contributed by atoms with van der Waals surface area (Å²) >= 11 is 0. The predicted molar refractivity (Wildman–Crippen MR) is 54.0 cm³/mol. The van der Waals surface area contributed by atoms with Gasteiger partial charge in [-0.2, -0.15) is 0 Å². The van der Waals surface area contributed by atoms with E-state index < -0.39 is 0 Å². The van der Waals surface area contributed by atoms with Crippen LogP contribution < -0.4 is 0 Å². The van der Waals surface area contributed by atoms with Crippen LogP contribution in [0.1, 0.15) is 34.1 Å². The van der Waals surface area contributed by atoms with Crippen LogP contribution in [-0.2, 0) is 14.3 Å². The summed E-state index contributed by atoms with van der Waals surface area (Å²) in [5, 5.41) is 0. The Morgan fingerprint density at radius 3 is 2.43 bits per heavy atom. The van der Waals surface area contributed by atoms with Crippen LogP contribution in [0.3, 0.4) is 0 Å². The molecule has 0 radical (unpaired) electrons. The van der Waals surface area contributed by atoms with Crippen molar-refractivity contribution in [3.63, 3.8) is 0 Å². The third-order valence-corrected chi connectivity index (χ3v) is 2.89. The van der Waals surface area contributed by atoms with Gasteiger partial charge in [-0.1, -0.05) is 13.8 Å². The molecule has 0 N–H and O–H groups in total. The molecule has 0 spiro atoms. The first kappa shape index (κ1) is 11.5. The highest BCUT2D eigenvalue weighted by molar-refractivity contribution is 5.75. The number of hydrogen-bond acceptors (Lipinski definition) is 3. The van der Waals surface area contributed by atoms with E-state index >= 15 is 0 Å². The molecule has 0 amide bonds. The van der Waals surface area contributed by atoms with Gasteiger partial charge in [0.15, 0.2) is 0 Å². The SMILES string of the molecule is CCC(C)(C)C(=O)OCC1(C)COC1. The molecule has 3 nitrogen and oxygen atoms in total. The van der Waals surface area contributed by atoms with Gasteiger partial charge >= 0.3 is 5.97 Å². The Labute approximate surface area is 85.8 Å². The topological polar surface area (TPSA) is 35.5 Å². The second kappa shape index (κ2) is 3.89. The van der Waals surface area contributed by atoms with Gasteiger partial charge in [0.05, 0.1) is 18.6 Å². The lowest BCUT2D eigenvalue weighted by Gasteiger charge is -2.37. The van der Waals surface area contributed by atoms with Crippen LogP contribution in [0.25, 0.3) is 0 Å². The van der Waals surface area contributed by atoms with Crippen LogP contribution in [-0.4, -0.2) is 25.8 Å². The number of carbonyl (C=O) groups is 1. The first-order valence-electron chi connectivity index (χ1n) is 5.15. The molecule has 0 saturated carbocycles. The minimum absolute atomic E-state index is 0.0550. The third-order valence-electron chi connectivity index (χ3n) is 2.89. The minimum Gasteiger partial charge on any atom is -0.465 e. The van der Waals surface area contributed by atoms with E-state index in [0.717, 1.165) is 6.42 Å². The molecule has 0 aromatic carbocycles. The first-order chi connectivity index (χ1) is 6.40. The molecule has 1 rings (SSSR count). The molecular formula is C11H20O3. The smallest absolute Gasteiger partial charge is 0.311 e. The number of rotatable bonds is 4. The maximum absolute atomic E-state index is 11.6. The molecule has 1 aliphatic heterocycles. The van der Waals surface area contributed by atoms with Crippen LogP contribution in [0.5, 0.6) is 0 Å². The summed E-state index contributed by atoms with van der Waals surface area (Å²) in [7, 11) is 0. The second-order valence-electron chi connectivity index (χ2n) is 5.12. The lowest BCUT2D eigenvalue weighted by molar-refractivity contribution is -0.173. The van der Waals surface area contributed by atoms with E-state index in [4.69, 9.17) is 9.47 Å². The average molecular weight is 200 g/mol. The van der Waals surface area contributed by atoms with Crippen molar-refractivity contribution in [2.75, 3.05) is 19.8 Å². The van der Waals surface area contributed by atoms with Gasteiger partial charge in [-0.25, -0.2) is 0 Å². The summed E-state index contributed by atoms with van der Waals surface area (Å²) in [6.45, 7) is 9.77. The van der Waals surface area contributed by atoms with Gasteiger partial charge in [-0.3, -0.25) is 4.79 Å². The summed E-state index contributed by atoms with van der Waals surface area (Å²) in [6.07, 6.45) is 0.805. The molecule has 0 bridgehead atoms. The van der Waals surface area contributed by atoms with Crippen LogP contribution in [0.15, 0.2) is 0 Å². The quantitative estimate of drug-likeness (QED) is 0.651. The minimum atomic E-state index is -0.360. The van der Waals surface area contributed by atoms with E-state index in [1.54, 1.807) is 0 Å². The summed E-state index contributed by atoms with van der Waals surface area (Å²) in [6, 6.07) is 0. The predicted octanol–water partition coefficient (Wildman–Crippen LogP) is 2.00. The van der Waals surface area contributed by atoms with E-state index in [1.165, 1.54) is 0 Å². The molecule has 82 valence electrons. The first-order valence-corrected chi connectivity index (χ1v) is 5.15. The summed E-state index contributed by atoms with van der Waals surface area (Å²) < 4.78 is 10.4. The summed E-state index contributed by atoms with van der Waals surface area (Å²) in [4.78, 5) is 11.6. The summed E-state index contributed by atoms with van der Waals surface area (Å²) in [5.74, 6) is -0.104. The molecule has 0 aliphatic carbocycles. The highest BCUT2D eigenvalue weighted by Gasteiger charge is 2.36. The molecular weight excluding hydrogens is 180 g/mol. The van der Waals surface area contributed by atoms with Crippen LogP contribution in [0.4, 0.5) is 0 Å².